The summed E-state index contributed by atoms with van der Waals surface area (Å²) in [4.78, 5) is 24.4. The summed E-state index contributed by atoms with van der Waals surface area (Å²) in [6.07, 6.45) is 1.44. The predicted octanol–water partition coefficient (Wildman–Crippen LogP) is 4.07. The molecule has 3 N–H and O–H groups in total. The molecule has 0 aliphatic rings. The Kier molecular flexibility index (Phi) is 5.75. The molecule has 0 saturated carbocycles. The summed E-state index contributed by atoms with van der Waals surface area (Å²) >= 11 is 3.43. The van der Waals surface area contributed by atoms with Crippen molar-refractivity contribution in [3.05, 3.63) is 69.8 Å². The quantitative estimate of drug-likeness (QED) is 0.548. The zero-order chi connectivity index (χ0) is 19.4. The van der Waals surface area contributed by atoms with E-state index >= 15 is 0 Å². The van der Waals surface area contributed by atoms with Crippen molar-refractivity contribution >= 4 is 33.4 Å². The van der Waals surface area contributed by atoms with E-state index in [4.69, 9.17) is 4.42 Å². The Morgan fingerprint density at radius 3 is 2.70 bits per heavy atom. The first-order valence-electron chi connectivity index (χ1n) is 8.41. The number of aromatic amines is 1. The SMILES string of the molecule is CC(C)c1[nH]nc(C(=O)NCc2cccc(NC(=O)c3ccco3)c2)c1Br. The number of hydrogen-bond donors (Lipinski definition) is 3. The molecule has 0 aliphatic heterocycles. The van der Waals surface area contributed by atoms with E-state index in [0.29, 0.717) is 22.4 Å². The number of anilines is 1. The maximum atomic E-state index is 12.4. The Labute approximate surface area is 164 Å². The monoisotopic (exact) mass is 430 g/mol. The number of benzene rings is 1. The number of nitrogens with one attached hydrogen (secondary N) is 3. The number of aromatic nitrogens is 2. The lowest BCUT2D eigenvalue weighted by atomic mass is 10.1. The Hall–Kier alpha value is -2.87. The minimum Gasteiger partial charge on any atom is -0.459 e. The molecule has 0 unspecified atom stereocenters. The van der Waals surface area contributed by atoms with E-state index in [1.165, 1.54) is 6.26 Å². The second-order valence-corrected chi connectivity index (χ2v) is 7.06. The highest BCUT2D eigenvalue weighted by Gasteiger charge is 2.19. The van der Waals surface area contributed by atoms with E-state index in [9.17, 15) is 9.59 Å². The Bertz CT molecular complexity index is 948. The number of nitrogens with zero attached hydrogens (tertiary/aromatic N) is 1. The van der Waals surface area contributed by atoms with E-state index in [0.717, 1.165) is 11.3 Å². The third kappa shape index (κ3) is 4.46. The van der Waals surface area contributed by atoms with Crippen molar-refractivity contribution in [3.63, 3.8) is 0 Å². The van der Waals surface area contributed by atoms with Crippen LogP contribution in [0.4, 0.5) is 5.69 Å². The maximum Gasteiger partial charge on any atom is 0.291 e. The van der Waals surface area contributed by atoms with Crippen LogP contribution in [0, 0.1) is 0 Å². The molecular formula is C19H19BrN4O3. The molecule has 0 aliphatic carbocycles. The molecule has 1 aromatic carbocycles. The highest BCUT2D eigenvalue weighted by molar-refractivity contribution is 9.10. The van der Waals surface area contributed by atoms with Crippen molar-refractivity contribution in [1.29, 1.82) is 0 Å². The second kappa shape index (κ2) is 8.22. The van der Waals surface area contributed by atoms with Gasteiger partial charge in [0.25, 0.3) is 11.8 Å². The van der Waals surface area contributed by atoms with Crippen LogP contribution in [0.1, 0.15) is 52.1 Å². The van der Waals surface area contributed by atoms with Crippen molar-refractivity contribution in [3.8, 4) is 0 Å². The normalized spacial score (nSPS) is 10.8. The highest BCUT2D eigenvalue weighted by Crippen LogP contribution is 2.25. The van der Waals surface area contributed by atoms with Crippen LogP contribution in [-0.4, -0.2) is 22.0 Å². The van der Waals surface area contributed by atoms with Crippen LogP contribution in [-0.2, 0) is 6.54 Å². The number of furan rings is 1. The molecule has 0 fully saturated rings. The molecule has 2 amide bonds. The number of amides is 2. The molecule has 0 saturated heterocycles. The predicted molar refractivity (Wildman–Crippen MR) is 105 cm³/mol. The number of carbonyl (C=O) groups excluding carboxylic acids is 2. The van der Waals surface area contributed by atoms with Gasteiger partial charge in [0.1, 0.15) is 0 Å². The van der Waals surface area contributed by atoms with Crippen molar-refractivity contribution in [2.45, 2.75) is 26.3 Å². The van der Waals surface area contributed by atoms with E-state index in [1.54, 1.807) is 30.3 Å². The molecule has 140 valence electrons. The summed E-state index contributed by atoms with van der Waals surface area (Å²) in [5.41, 5.74) is 2.66. The minimum absolute atomic E-state index is 0.225. The summed E-state index contributed by atoms with van der Waals surface area (Å²) in [7, 11) is 0. The molecule has 0 radical (unpaired) electrons. The molecule has 2 heterocycles. The summed E-state index contributed by atoms with van der Waals surface area (Å²) in [5, 5.41) is 12.6. The van der Waals surface area contributed by atoms with Crippen molar-refractivity contribution in [1.82, 2.24) is 15.5 Å². The maximum absolute atomic E-state index is 12.4. The Morgan fingerprint density at radius 1 is 1.22 bits per heavy atom. The standard InChI is InChI=1S/C19H19BrN4O3/c1-11(2)16-15(20)17(24-23-16)19(26)21-10-12-5-3-6-13(9-12)22-18(25)14-7-4-8-27-14/h3-9,11H,10H2,1-2H3,(H,21,26)(H,22,25)(H,23,24). The van der Waals surface area contributed by atoms with Crippen LogP contribution < -0.4 is 10.6 Å². The average molecular weight is 431 g/mol. The molecule has 0 spiro atoms. The fraction of sp³-hybridized carbons (Fsp3) is 0.211. The summed E-state index contributed by atoms with van der Waals surface area (Å²) in [6, 6.07) is 10.5. The largest absolute Gasteiger partial charge is 0.459 e. The topological polar surface area (TPSA) is 100 Å². The Balaban J connectivity index is 1.63. The molecule has 0 atom stereocenters. The Morgan fingerprint density at radius 2 is 2.04 bits per heavy atom. The van der Waals surface area contributed by atoms with Crippen molar-refractivity contribution in [2.75, 3.05) is 5.32 Å². The summed E-state index contributed by atoms with van der Waals surface area (Å²) < 4.78 is 5.75. The first-order valence-corrected chi connectivity index (χ1v) is 9.20. The van der Waals surface area contributed by atoms with Gasteiger partial charge < -0.3 is 15.1 Å². The van der Waals surface area contributed by atoms with Crippen LogP contribution in [0.15, 0.2) is 51.6 Å². The number of rotatable bonds is 6. The molecule has 3 rings (SSSR count). The third-order valence-corrected chi connectivity index (χ3v) is 4.71. The fourth-order valence-electron chi connectivity index (χ4n) is 2.50. The highest BCUT2D eigenvalue weighted by atomic mass is 79.9. The average Bonchev–Trinajstić information content (AvgIpc) is 3.30. The van der Waals surface area contributed by atoms with Gasteiger partial charge >= 0.3 is 0 Å². The van der Waals surface area contributed by atoms with Gasteiger partial charge in [-0.15, -0.1) is 0 Å². The molecule has 3 aromatic rings. The fourth-order valence-corrected chi connectivity index (χ4v) is 3.32. The molecular weight excluding hydrogens is 412 g/mol. The van der Waals surface area contributed by atoms with Crippen LogP contribution in [0.3, 0.4) is 0 Å². The zero-order valence-electron chi connectivity index (χ0n) is 14.9. The smallest absolute Gasteiger partial charge is 0.291 e. The number of carbonyl (C=O) groups is 2. The lowest BCUT2D eigenvalue weighted by molar-refractivity contribution is 0.0944. The molecule has 2 aromatic heterocycles. The first kappa shape index (κ1) is 18.9. The first-order chi connectivity index (χ1) is 13.0. The number of H-pyrrole nitrogens is 1. The number of halogens is 1. The van der Waals surface area contributed by atoms with Gasteiger partial charge in [-0.1, -0.05) is 26.0 Å². The second-order valence-electron chi connectivity index (χ2n) is 6.27. The van der Waals surface area contributed by atoms with Gasteiger partial charge in [0.05, 0.1) is 16.4 Å². The lowest BCUT2D eigenvalue weighted by Crippen LogP contribution is -2.23. The van der Waals surface area contributed by atoms with E-state index in [1.807, 2.05) is 19.9 Å². The van der Waals surface area contributed by atoms with E-state index in [-0.39, 0.29) is 23.5 Å². The van der Waals surface area contributed by atoms with Crippen LogP contribution in [0.5, 0.6) is 0 Å². The zero-order valence-corrected chi connectivity index (χ0v) is 16.5. The van der Waals surface area contributed by atoms with Gasteiger partial charge in [0.2, 0.25) is 0 Å². The molecule has 27 heavy (non-hydrogen) atoms. The third-order valence-electron chi connectivity index (χ3n) is 3.91. The van der Waals surface area contributed by atoms with Crippen LogP contribution in [0.2, 0.25) is 0 Å². The van der Waals surface area contributed by atoms with Crippen LogP contribution in [0.25, 0.3) is 0 Å². The summed E-state index contributed by atoms with van der Waals surface area (Å²) in [6.45, 7) is 4.34. The van der Waals surface area contributed by atoms with Gasteiger partial charge in [-0.25, -0.2) is 0 Å². The number of hydrogen-bond acceptors (Lipinski definition) is 4. The van der Waals surface area contributed by atoms with Gasteiger partial charge in [-0.2, -0.15) is 5.10 Å². The van der Waals surface area contributed by atoms with E-state index < -0.39 is 0 Å². The van der Waals surface area contributed by atoms with Gasteiger partial charge in [0.15, 0.2) is 11.5 Å². The van der Waals surface area contributed by atoms with Crippen LogP contribution >= 0.6 is 15.9 Å². The van der Waals surface area contributed by atoms with Gasteiger partial charge in [-0.05, 0) is 51.7 Å². The lowest BCUT2D eigenvalue weighted by Gasteiger charge is -2.08. The molecule has 8 heteroatoms. The minimum atomic E-state index is -0.331. The molecule has 0 bridgehead atoms. The molecule has 7 nitrogen and oxygen atoms in total. The van der Waals surface area contributed by atoms with Crippen molar-refractivity contribution in [2.24, 2.45) is 0 Å². The van der Waals surface area contributed by atoms with E-state index in [2.05, 4.69) is 36.8 Å². The van der Waals surface area contributed by atoms with Gasteiger partial charge in [0, 0.05) is 12.2 Å². The van der Waals surface area contributed by atoms with Crippen molar-refractivity contribution < 1.29 is 14.0 Å². The van der Waals surface area contributed by atoms with Gasteiger partial charge in [-0.3, -0.25) is 14.7 Å². The summed E-state index contributed by atoms with van der Waals surface area (Å²) in [5.74, 6) is -0.154.